The van der Waals surface area contributed by atoms with Gasteiger partial charge in [0.15, 0.2) is 0 Å². The minimum Gasteiger partial charge on any atom is -0.322 e. The second-order valence-electron chi connectivity index (χ2n) is 6.79. The number of aromatic nitrogens is 2. The topological polar surface area (TPSA) is 56.0 Å². The molecule has 0 aliphatic rings. The van der Waals surface area contributed by atoms with Gasteiger partial charge in [-0.1, -0.05) is 45.7 Å². The molecule has 0 saturated heterocycles. The molecular weight excluding hydrogens is 485 g/mol. The Morgan fingerprint density at radius 3 is 2.35 bits per heavy atom. The molecule has 8 heteroatoms. The average Bonchev–Trinajstić information content (AvgIpc) is 3.08. The van der Waals surface area contributed by atoms with E-state index in [0.717, 1.165) is 10.0 Å². The van der Waals surface area contributed by atoms with Gasteiger partial charge in [-0.05, 0) is 60.2 Å². The summed E-state index contributed by atoms with van der Waals surface area (Å²) in [6.07, 6.45) is 1.49. The molecule has 4 aromatic rings. The van der Waals surface area contributed by atoms with Gasteiger partial charge in [0.05, 0.1) is 12.2 Å². The van der Waals surface area contributed by atoms with Crippen LogP contribution in [0.3, 0.4) is 0 Å². The molecule has 156 valence electrons. The molecule has 0 aliphatic heterocycles. The minimum absolute atomic E-state index is 0.0423. The lowest BCUT2D eigenvalue weighted by atomic mass is 10.2. The first-order chi connectivity index (χ1) is 14.9. The van der Waals surface area contributed by atoms with E-state index in [4.69, 9.17) is 11.6 Å². The molecule has 4 rings (SSSR count). The quantitative estimate of drug-likeness (QED) is 0.394. The fourth-order valence-electron chi connectivity index (χ4n) is 3.15. The second kappa shape index (κ2) is 8.91. The highest BCUT2D eigenvalue weighted by atomic mass is 79.9. The van der Waals surface area contributed by atoms with Crippen LogP contribution < -0.4 is 10.9 Å². The first-order valence-electron chi connectivity index (χ1n) is 9.31. The molecule has 0 unspecified atom stereocenters. The number of hydrogen-bond acceptors (Lipinski definition) is 2. The molecule has 1 amide bonds. The van der Waals surface area contributed by atoms with Gasteiger partial charge in [0.1, 0.15) is 11.4 Å². The Bertz CT molecular complexity index is 1300. The Hall–Kier alpha value is -3.16. The highest BCUT2D eigenvalue weighted by Crippen LogP contribution is 2.19. The number of carbonyl (C=O) groups is 1. The number of rotatable bonds is 5. The van der Waals surface area contributed by atoms with Gasteiger partial charge >= 0.3 is 0 Å². The highest BCUT2D eigenvalue weighted by molar-refractivity contribution is 9.10. The Morgan fingerprint density at radius 2 is 1.68 bits per heavy atom. The molecule has 0 aliphatic carbocycles. The lowest BCUT2D eigenvalue weighted by Gasteiger charge is -2.12. The van der Waals surface area contributed by atoms with Crippen molar-refractivity contribution < 1.29 is 9.18 Å². The summed E-state index contributed by atoms with van der Waals surface area (Å²) in [5.74, 6) is -0.998. The SMILES string of the molecule is O=C(Nc1ccc(F)cc1)c1cn(Cc2ccccc2Cl)n(-c2ccc(Br)cc2)c1=O. The van der Waals surface area contributed by atoms with Crippen LogP contribution in [0.15, 0.2) is 88.3 Å². The molecule has 1 heterocycles. The van der Waals surface area contributed by atoms with Crippen molar-refractivity contribution in [2.24, 2.45) is 0 Å². The maximum absolute atomic E-state index is 13.2. The summed E-state index contributed by atoms with van der Waals surface area (Å²) in [6.45, 7) is 0.287. The van der Waals surface area contributed by atoms with Gasteiger partial charge < -0.3 is 5.32 Å². The van der Waals surface area contributed by atoms with Crippen molar-refractivity contribution in [3.8, 4) is 5.69 Å². The van der Waals surface area contributed by atoms with Gasteiger partial charge in [-0.3, -0.25) is 14.3 Å². The Morgan fingerprint density at radius 1 is 1.00 bits per heavy atom. The monoisotopic (exact) mass is 499 g/mol. The maximum Gasteiger partial charge on any atom is 0.284 e. The van der Waals surface area contributed by atoms with E-state index in [1.54, 1.807) is 22.9 Å². The Labute approximate surface area is 190 Å². The zero-order valence-electron chi connectivity index (χ0n) is 16.1. The number of benzene rings is 3. The van der Waals surface area contributed by atoms with Crippen LogP contribution in [0.1, 0.15) is 15.9 Å². The largest absolute Gasteiger partial charge is 0.322 e. The number of carbonyl (C=O) groups excluding carboxylic acids is 1. The molecule has 0 bridgehead atoms. The highest BCUT2D eigenvalue weighted by Gasteiger charge is 2.20. The number of hydrogen-bond donors (Lipinski definition) is 1. The van der Waals surface area contributed by atoms with Crippen molar-refractivity contribution in [3.05, 3.63) is 116 Å². The van der Waals surface area contributed by atoms with E-state index in [-0.39, 0.29) is 12.1 Å². The predicted molar refractivity (Wildman–Crippen MR) is 123 cm³/mol. The number of nitrogens with one attached hydrogen (secondary N) is 1. The van der Waals surface area contributed by atoms with Crippen LogP contribution in [0.4, 0.5) is 10.1 Å². The van der Waals surface area contributed by atoms with Crippen LogP contribution in [0.25, 0.3) is 5.69 Å². The first-order valence-corrected chi connectivity index (χ1v) is 10.5. The molecule has 31 heavy (non-hydrogen) atoms. The van der Waals surface area contributed by atoms with Crippen LogP contribution in [0, 0.1) is 5.82 Å². The summed E-state index contributed by atoms with van der Waals surface area (Å²) in [5, 5.41) is 3.20. The van der Waals surface area contributed by atoms with Gasteiger partial charge in [-0.15, -0.1) is 0 Å². The fraction of sp³-hybridized carbons (Fsp3) is 0.0435. The first kappa shape index (κ1) is 21.1. The van der Waals surface area contributed by atoms with Crippen molar-refractivity contribution in [2.45, 2.75) is 6.54 Å². The zero-order valence-corrected chi connectivity index (χ0v) is 18.4. The van der Waals surface area contributed by atoms with E-state index in [2.05, 4.69) is 21.2 Å². The van der Waals surface area contributed by atoms with E-state index < -0.39 is 17.3 Å². The lowest BCUT2D eigenvalue weighted by Crippen LogP contribution is -2.26. The normalized spacial score (nSPS) is 10.8. The molecule has 0 spiro atoms. The van der Waals surface area contributed by atoms with Crippen molar-refractivity contribution in [1.82, 2.24) is 9.36 Å². The van der Waals surface area contributed by atoms with Gasteiger partial charge in [-0.2, -0.15) is 0 Å². The second-order valence-corrected chi connectivity index (χ2v) is 8.11. The van der Waals surface area contributed by atoms with Crippen LogP contribution >= 0.6 is 27.5 Å². The van der Waals surface area contributed by atoms with E-state index in [0.29, 0.717) is 16.4 Å². The van der Waals surface area contributed by atoms with E-state index >= 15 is 0 Å². The summed E-state index contributed by atoms with van der Waals surface area (Å²) >= 11 is 9.69. The maximum atomic E-state index is 13.2. The number of anilines is 1. The van der Waals surface area contributed by atoms with Crippen molar-refractivity contribution >= 4 is 39.1 Å². The van der Waals surface area contributed by atoms with E-state index in [9.17, 15) is 14.0 Å². The van der Waals surface area contributed by atoms with E-state index in [1.165, 1.54) is 35.1 Å². The summed E-state index contributed by atoms with van der Waals surface area (Å²) in [6, 6.07) is 19.8. The molecule has 0 radical (unpaired) electrons. The standard InChI is InChI=1S/C23H16BrClFN3O2/c24-16-5-11-19(12-6-16)29-23(31)20(22(30)27-18-9-7-17(26)8-10-18)14-28(29)13-15-3-1-2-4-21(15)25/h1-12,14H,13H2,(H,27,30). The molecule has 1 N–H and O–H groups in total. The van der Waals surface area contributed by atoms with Crippen molar-refractivity contribution in [3.63, 3.8) is 0 Å². The molecule has 0 fully saturated rings. The molecule has 0 saturated carbocycles. The van der Waals surface area contributed by atoms with Crippen LogP contribution in [0.5, 0.6) is 0 Å². The third kappa shape index (κ3) is 4.62. The third-order valence-electron chi connectivity index (χ3n) is 4.67. The fourth-order valence-corrected chi connectivity index (χ4v) is 3.61. The molecule has 1 aromatic heterocycles. The number of halogens is 3. The van der Waals surface area contributed by atoms with E-state index in [1.807, 2.05) is 30.3 Å². The zero-order chi connectivity index (χ0) is 22.0. The third-order valence-corrected chi connectivity index (χ3v) is 5.56. The van der Waals surface area contributed by atoms with Crippen molar-refractivity contribution in [2.75, 3.05) is 5.32 Å². The number of amides is 1. The summed E-state index contributed by atoms with van der Waals surface area (Å²) < 4.78 is 17.1. The predicted octanol–water partition coefficient (Wildman–Crippen LogP) is 5.49. The molecule has 5 nitrogen and oxygen atoms in total. The van der Waals surface area contributed by atoms with Crippen molar-refractivity contribution in [1.29, 1.82) is 0 Å². The molecule has 3 aromatic carbocycles. The van der Waals surface area contributed by atoms with Crippen LogP contribution in [0.2, 0.25) is 5.02 Å². The van der Waals surface area contributed by atoms with Crippen LogP contribution in [-0.2, 0) is 6.54 Å². The summed E-state index contributed by atoms with van der Waals surface area (Å²) in [5.41, 5.74) is 1.27. The smallest absolute Gasteiger partial charge is 0.284 e. The average molecular weight is 501 g/mol. The van der Waals surface area contributed by atoms with Gasteiger partial charge in [0, 0.05) is 21.4 Å². The van der Waals surface area contributed by atoms with Gasteiger partial charge in [0.2, 0.25) is 0 Å². The summed E-state index contributed by atoms with van der Waals surface area (Å²) in [4.78, 5) is 26.0. The lowest BCUT2D eigenvalue weighted by molar-refractivity contribution is 0.102. The molecule has 0 atom stereocenters. The van der Waals surface area contributed by atoms with Gasteiger partial charge in [-0.25, -0.2) is 9.07 Å². The Balaban J connectivity index is 1.76. The minimum atomic E-state index is -0.583. The number of nitrogens with zero attached hydrogens (tertiary/aromatic N) is 2. The Kier molecular flexibility index (Phi) is 6.06. The summed E-state index contributed by atoms with van der Waals surface area (Å²) in [7, 11) is 0. The van der Waals surface area contributed by atoms with Gasteiger partial charge in [0.25, 0.3) is 11.5 Å². The van der Waals surface area contributed by atoms with Crippen LogP contribution in [-0.4, -0.2) is 15.3 Å². The molecular formula is C23H16BrClFN3O2.